The standard InChI is InChI=1S/C19H24N2O/c1-12-7-6-10-17(14(12)3)21-19(22)16-11-13(2)20-18-9-5-4-8-15(16)18/h4-5,8-9,11-12,14,17H,6-7,10H2,1-3H3,(H,21,22)/t12-,14-,17-/m0/s1. The first-order chi connectivity index (χ1) is 10.6. The number of nitrogens with zero attached hydrogens (tertiary/aromatic N) is 1. The van der Waals surface area contributed by atoms with Gasteiger partial charge in [-0.2, -0.15) is 0 Å². The summed E-state index contributed by atoms with van der Waals surface area (Å²) in [7, 11) is 0. The number of para-hydroxylation sites is 1. The van der Waals surface area contributed by atoms with Crippen LogP contribution < -0.4 is 5.32 Å². The van der Waals surface area contributed by atoms with Crippen LogP contribution in [0.25, 0.3) is 10.9 Å². The van der Waals surface area contributed by atoms with E-state index in [1.807, 2.05) is 37.3 Å². The SMILES string of the molecule is Cc1cc(C(=O)N[C@H]2CCC[C@H](C)[C@@H]2C)c2ccccc2n1. The number of carbonyl (C=O) groups is 1. The monoisotopic (exact) mass is 296 g/mol. The Hall–Kier alpha value is -1.90. The van der Waals surface area contributed by atoms with Gasteiger partial charge in [-0.3, -0.25) is 9.78 Å². The van der Waals surface area contributed by atoms with Gasteiger partial charge >= 0.3 is 0 Å². The van der Waals surface area contributed by atoms with Crippen LogP contribution in [0.4, 0.5) is 0 Å². The zero-order chi connectivity index (χ0) is 15.7. The minimum atomic E-state index is 0.0349. The molecule has 0 aliphatic heterocycles. The summed E-state index contributed by atoms with van der Waals surface area (Å²) in [6, 6.07) is 10.0. The van der Waals surface area contributed by atoms with E-state index >= 15 is 0 Å². The van der Waals surface area contributed by atoms with Crippen LogP contribution in [-0.2, 0) is 0 Å². The van der Waals surface area contributed by atoms with Gasteiger partial charge in [-0.15, -0.1) is 0 Å². The molecule has 1 aromatic carbocycles. The maximum atomic E-state index is 12.8. The minimum absolute atomic E-state index is 0.0349. The first kappa shape index (κ1) is 15.0. The van der Waals surface area contributed by atoms with E-state index in [-0.39, 0.29) is 11.9 Å². The van der Waals surface area contributed by atoms with Crippen molar-refractivity contribution in [1.29, 1.82) is 0 Å². The Bertz CT molecular complexity index is 695. The highest BCUT2D eigenvalue weighted by Gasteiger charge is 2.28. The molecule has 3 rings (SSSR count). The fraction of sp³-hybridized carbons (Fsp3) is 0.474. The van der Waals surface area contributed by atoms with Crippen molar-refractivity contribution in [3.8, 4) is 0 Å². The Morgan fingerprint density at radius 1 is 1.23 bits per heavy atom. The lowest BCUT2D eigenvalue weighted by Crippen LogP contribution is -2.43. The molecule has 22 heavy (non-hydrogen) atoms. The number of pyridine rings is 1. The van der Waals surface area contributed by atoms with Crippen molar-refractivity contribution in [3.63, 3.8) is 0 Å². The molecule has 0 spiro atoms. The van der Waals surface area contributed by atoms with E-state index in [0.29, 0.717) is 11.8 Å². The number of nitrogens with one attached hydrogen (secondary N) is 1. The van der Waals surface area contributed by atoms with Gasteiger partial charge in [0, 0.05) is 17.1 Å². The molecule has 0 radical (unpaired) electrons. The predicted molar refractivity (Wildman–Crippen MR) is 89.9 cm³/mol. The maximum absolute atomic E-state index is 12.8. The number of hydrogen-bond acceptors (Lipinski definition) is 2. The zero-order valence-electron chi connectivity index (χ0n) is 13.6. The van der Waals surface area contributed by atoms with Gasteiger partial charge in [0.2, 0.25) is 0 Å². The summed E-state index contributed by atoms with van der Waals surface area (Å²) in [5, 5.41) is 4.20. The van der Waals surface area contributed by atoms with Crippen LogP contribution in [0.2, 0.25) is 0 Å². The van der Waals surface area contributed by atoms with Crippen LogP contribution in [0.5, 0.6) is 0 Å². The average molecular weight is 296 g/mol. The van der Waals surface area contributed by atoms with Gasteiger partial charge in [0.15, 0.2) is 0 Å². The van der Waals surface area contributed by atoms with Crippen LogP contribution in [-0.4, -0.2) is 16.9 Å². The lowest BCUT2D eigenvalue weighted by Gasteiger charge is -2.34. The van der Waals surface area contributed by atoms with Crippen molar-refractivity contribution in [3.05, 3.63) is 41.6 Å². The Kier molecular flexibility index (Phi) is 4.14. The summed E-state index contributed by atoms with van der Waals surface area (Å²) in [6.45, 7) is 6.48. The zero-order valence-corrected chi connectivity index (χ0v) is 13.6. The molecule has 0 unspecified atom stereocenters. The molecule has 3 atom stereocenters. The topological polar surface area (TPSA) is 42.0 Å². The molecule has 0 bridgehead atoms. The Morgan fingerprint density at radius 2 is 2.00 bits per heavy atom. The van der Waals surface area contributed by atoms with Gasteiger partial charge in [-0.25, -0.2) is 0 Å². The van der Waals surface area contributed by atoms with Crippen molar-refractivity contribution in [2.75, 3.05) is 0 Å². The summed E-state index contributed by atoms with van der Waals surface area (Å²) in [5.41, 5.74) is 2.51. The third-order valence-electron chi connectivity index (χ3n) is 5.11. The molecule has 1 N–H and O–H groups in total. The molecule has 0 saturated heterocycles. The number of aromatic nitrogens is 1. The molecule has 1 heterocycles. The summed E-state index contributed by atoms with van der Waals surface area (Å²) in [5.74, 6) is 1.24. The maximum Gasteiger partial charge on any atom is 0.252 e. The van der Waals surface area contributed by atoms with E-state index in [1.165, 1.54) is 12.8 Å². The molecule has 1 aliphatic carbocycles. The smallest absolute Gasteiger partial charge is 0.252 e. The van der Waals surface area contributed by atoms with Crippen LogP contribution in [0.1, 0.15) is 49.2 Å². The number of amides is 1. The average Bonchev–Trinajstić information content (AvgIpc) is 2.51. The first-order valence-corrected chi connectivity index (χ1v) is 8.23. The predicted octanol–water partition coefficient (Wildman–Crippen LogP) is 4.10. The van der Waals surface area contributed by atoms with Crippen molar-refractivity contribution >= 4 is 16.8 Å². The summed E-state index contributed by atoms with van der Waals surface area (Å²) in [6.07, 6.45) is 3.55. The van der Waals surface area contributed by atoms with Crippen LogP contribution in [0.15, 0.2) is 30.3 Å². The highest BCUT2D eigenvalue weighted by Crippen LogP contribution is 2.30. The summed E-state index contributed by atoms with van der Waals surface area (Å²) < 4.78 is 0. The molecule has 1 amide bonds. The fourth-order valence-electron chi connectivity index (χ4n) is 3.53. The van der Waals surface area contributed by atoms with Gasteiger partial charge in [-0.1, -0.05) is 44.9 Å². The molecule has 3 heteroatoms. The summed E-state index contributed by atoms with van der Waals surface area (Å²) >= 11 is 0. The van der Waals surface area contributed by atoms with E-state index in [2.05, 4.69) is 24.1 Å². The molecule has 1 saturated carbocycles. The molecule has 3 nitrogen and oxygen atoms in total. The molecule has 2 aromatic rings. The van der Waals surface area contributed by atoms with Crippen molar-refractivity contribution in [2.24, 2.45) is 11.8 Å². The molecule has 116 valence electrons. The second-order valence-electron chi connectivity index (χ2n) is 6.68. The fourth-order valence-corrected chi connectivity index (χ4v) is 3.53. The third-order valence-corrected chi connectivity index (χ3v) is 5.11. The van der Waals surface area contributed by atoms with E-state index in [1.54, 1.807) is 0 Å². The van der Waals surface area contributed by atoms with E-state index in [4.69, 9.17) is 0 Å². The van der Waals surface area contributed by atoms with Gasteiger partial charge in [0.05, 0.1) is 11.1 Å². The Morgan fingerprint density at radius 3 is 2.82 bits per heavy atom. The van der Waals surface area contributed by atoms with Crippen molar-refractivity contribution < 1.29 is 4.79 Å². The molecule has 1 aromatic heterocycles. The van der Waals surface area contributed by atoms with Crippen molar-refractivity contribution in [2.45, 2.75) is 46.1 Å². The molecular weight excluding hydrogens is 272 g/mol. The molecule has 1 fully saturated rings. The number of fused-ring (bicyclic) bond motifs is 1. The van der Waals surface area contributed by atoms with Crippen LogP contribution >= 0.6 is 0 Å². The largest absolute Gasteiger partial charge is 0.349 e. The quantitative estimate of drug-likeness (QED) is 0.906. The lowest BCUT2D eigenvalue weighted by atomic mass is 9.78. The number of hydrogen-bond donors (Lipinski definition) is 1. The normalized spacial score (nSPS) is 25.1. The highest BCUT2D eigenvalue weighted by atomic mass is 16.1. The minimum Gasteiger partial charge on any atom is -0.349 e. The van der Waals surface area contributed by atoms with Crippen molar-refractivity contribution in [1.82, 2.24) is 10.3 Å². The van der Waals surface area contributed by atoms with Gasteiger partial charge in [0.1, 0.15) is 0 Å². The number of carbonyl (C=O) groups excluding carboxylic acids is 1. The summed E-state index contributed by atoms with van der Waals surface area (Å²) in [4.78, 5) is 17.3. The Labute approximate surface area is 132 Å². The lowest BCUT2D eigenvalue weighted by molar-refractivity contribution is 0.0892. The molecule has 1 aliphatic rings. The highest BCUT2D eigenvalue weighted by molar-refractivity contribution is 6.06. The second-order valence-corrected chi connectivity index (χ2v) is 6.68. The van der Waals surface area contributed by atoms with E-state index in [0.717, 1.165) is 28.6 Å². The second kappa shape index (κ2) is 6.07. The van der Waals surface area contributed by atoms with Gasteiger partial charge in [-0.05, 0) is 37.3 Å². The number of benzene rings is 1. The third kappa shape index (κ3) is 2.85. The van der Waals surface area contributed by atoms with Gasteiger partial charge in [0.25, 0.3) is 5.91 Å². The number of aryl methyl sites for hydroxylation is 1. The molecular formula is C19H24N2O. The van der Waals surface area contributed by atoms with Crippen LogP contribution in [0.3, 0.4) is 0 Å². The Balaban J connectivity index is 1.89. The van der Waals surface area contributed by atoms with E-state index < -0.39 is 0 Å². The number of rotatable bonds is 2. The van der Waals surface area contributed by atoms with E-state index in [9.17, 15) is 4.79 Å². The first-order valence-electron chi connectivity index (χ1n) is 8.23. The van der Waals surface area contributed by atoms with Gasteiger partial charge < -0.3 is 5.32 Å². The van der Waals surface area contributed by atoms with Crippen LogP contribution in [0, 0.1) is 18.8 Å².